The van der Waals surface area contributed by atoms with Gasteiger partial charge in [-0.25, -0.2) is 4.79 Å². The molecule has 19 heavy (non-hydrogen) atoms. The predicted octanol–water partition coefficient (Wildman–Crippen LogP) is 2.47. The quantitative estimate of drug-likeness (QED) is 0.606. The molecule has 4 heteroatoms. The minimum absolute atomic E-state index is 0.142. The van der Waals surface area contributed by atoms with Gasteiger partial charge in [-0.15, -0.1) is 0 Å². The highest BCUT2D eigenvalue weighted by Crippen LogP contribution is 2.23. The van der Waals surface area contributed by atoms with Crippen molar-refractivity contribution in [1.29, 1.82) is 0 Å². The maximum atomic E-state index is 11.1. The fraction of sp³-hybridized carbons (Fsp3) is 0.400. The summed E-state index contributed by atoms with van der Waals surface area (Å²) >= 11 is 0. The van der Waals surface area contributed by atoms with Crippen molar-refractivity contribution in [2.75, 3.05) is 20.3 Å². The van der Waals surface area contributed by atoms with Crippen molar-refractivity contribution in [3.05, 3.63) is 42.0 Å². The van der Waals surface area contributed by atoms with E-state index in [0.717, 1.165) is 11.3 Å². The van der Waals surface area contributed by atoms with Crippen LogP contribution < -0.4 is 10.1 Å². The Labute approximate surface area is 114 Å². The number of carbonyl (C=O) groups excluding carboxylic acids is 1. The van der Waals surface area contributed by atoms with Crippen molar-refractivity contribution in [3.63, 3.8) is 0 Å². The zero-order valence-electron chi connectivity index (χ0n) is 11.7. The van der Waals surface area contributed by atoms with Gasteiger partial charge in [0.2, 0.25) is 0 Å². The summed E-state index contributed by atoms with van der Waals surface area (Å²) < 4.78 is 10.1. The second-order valence-corrected chi connectivity index (χ2v) is 4.03. The molecule has 0 saturated heterocycles. The highest BCUT2D eigenvalue weighted by atomic mass is 16.5. The summed E-state index contributed by atoms with van der Waals surface area (Å²) in [5, 5.41) is 3.30. The summed E-state index contributed by atoms with van der Waals surface area (Å²) in [6.45, 7) is 4.83. The van der Waals surface area contributed by atoms with Gasteiger partial charge in [-0.2, -0.15) is 0 Å². The van der Waals surface area contributed by atoms with Crippen molar-refractivity contribution in [2.24, 2.45) is 0 Å². The lowest BCUT2D eigenvalue weighted by atomic mass is 10.1. The normalized spacial score (nSPS) is 12.4. The van der Waals surface area contributed by atoms with Crippen LogP contribution in [0.25, 0.3) is 0 Å². The summed E-state index contributed by atoms with van der Waals surface area (Å²) in [4.78, 5) is 11.1. The minimum atomic E-state index is -0.311. The minimum Gasteiger partial charge on any atom is -0.496 e. The number of carbonyl (C=O) groups is 1. The SMILES string of the molecule is CCOC(=O)/C=C/CN[C@@H](C)c1ccccc1OC. The van der Waals surface area contributed by atoms with Gasteiger partial charge in [0.25, 0.3) is 0 Å². The Morgan fingerprint density at radius 3 is 2.84 bits per heavy atom. The zero-order valence-corrected chi connectivity index (χ0v) is 11.7. The van der Waals surface area contributed by atoms with Crippen molar-refractivity contribution in [3.8, 4) is 5.75 Å². The molecule has 1 aromatic rings. The highest BCUT2D eigenvalue weighted by Gasteiger charge is 2.08. The fourth-order valence-corrected chi connectivity index (χ4v) is 1.72. The predicted molar refractivity (Wildman–Crippen MR) is 75.2 cm³/mol. The molecule has 1 N–H and O–H groups in total. The Morgan fingerprint density at radius 1 is 1.42 bits per heavy atom. The van der Waals surface area contributed by atoms with Crippen LogP contribution in [0.2, 0.25) is 0 Å². The van der Waals surface area contributed by atoms with E-state index in [0.29, 0.717) is 13.2 Å². The second-order valence-electron chi connectivity index (χ2n) is 4.03. The first kappa shape index (κ1) is 15.2. The van der Waals surface area contributed by atoms with Gasteiger partial charge in [0.15, 0.2) is 0 Å². The topological polar surface area (TPSA) is 47.6 Å². The smallest absolute Gasteiger partial charge is 0.330 e. The Kier molecular flexibility index (Phi) is 6.68. The summed E-state index contributed by atoms with van der Waals surface area (Å²) in [5.41, 5.74) is 1.09. The first-order valence-electron chi connectivity index (χ1n) is 6.38. The first-order valence-corrected chi connectivity index (χ1v) is 6.38. The first-order chi connectivity index (χ1) is 9.19. The maximum Gasteiger partial charge on any atom is 0.330 e. The van der Waals surface area contributed by atoms with Gasteiger partial charge >= 0.3 is 5.97 Å². The molecule has 0 aliphatic heterocycles. The zero-order chi connectivity index (χ0) is 14.1. The number of methoxy groups -OCH3 is 1. The Morgan fingerprint density at radius 2 is 2.16 bits per heavy atom. The molecule has 0 amide bonds. The van der Waals surface area contributed by atoms with Crippen LogP contribution in [0, 0.1) is 0 Å². The van der Waals surface area contributed by atoms with Gasteiger partial charge in [-0.05, 0) is 19.9 Å². The number of esters is 1. The summed E-state index contributed by atoms with van der Waals surface area (Å²) in [6, 6.07) is 8.01. The molecule has 0 aromatic heterocycles. The molecule has 0 aliphatic carbocycles. The molecule has 0 bridgehead atoms. The summed E-state index contributed by atoms with van der Waals surface area (Å²) in [7, 11) is 1.66. The molecule has 1 atom stereocenters. The van der Waals surface area contributed by atoms with Crippen molar-refractivity contribution in [1.82, 2.24) is 5.32 Å². The van der Waals surface area contributed by atoms with E-state index in [9.17, 15) is 4.79 Å². The van der Waals surface area contributed by atoms with Crippen LogP contribution in [0.15, 0.2) is 36.4 Å². The van der Waals surface area contributed by atoms with E-state index in [1.807, 2.05) is 24.3 Å². The van der Waals surface area contributed by atoms with Crippen LogP contribution in [0.1, 0.15) is 25.5 Å². The standard InChI is InChI=1S/C15H21NO3/c1-4-19-15(17)10-7-11-16-12(2)13-8-5-6-9-14(13)18-3/h5-10,12,16H,4,11H2,1-3H3/b10-7+/t12-/m0/s1. The number of nitrogens with one attached hydrogen (secondary N) is 1. The van der Waals surface area contributed by atoms with Crippen LogP contribution in [0.4, 0.5) is 0 Å². The van der Waals surface area contributed by atoms with E-state index in [-0.39, 0.29) is 12.0 Å². The van der Waals surface area contributed by atoms with Gasteiger partial charge < -0.3 is 14.8 Å². The van der Waals surface area contributed by atoms with E-state index in [1.165, 1.54) is 6.08 Å². The van der Waals surface area contributed by atoms with E-state index in [4.69, 9.17) is 9.47 Å². The van der Waals surface area contributed by atoms with Gasteiger partial charge in [-0.3, -0.25) is 0 Å². The van der Waals surface area contributed by atoms with E-state index in [1.54, 1.807) is 20.1 Å². The number of hydrogen-bond acceptors (Lipinski definition) is 4. The molecule has 1 rings (SSSR count). The number of benzene rings is 1. The fourth-order valence-electron chi connectivity index (χ4n) is 1.72. The van der Waals surface area contributed by atoms with E-state index in [2.05, 4.69) is 12.2 Å². The van der Waals surface area contributed by atoms with Crippen molar-refractivity contribution < 1.29 is 14.3 Å². The lowest BCUT2D eigenvalue weighted by Gasteiger charge is -2.16. The molecule has 0 fully saturated rings. The molecule has 1 aromatic carbocycles. The van der Waals surface area contributed by atoms with Crippen LogP contribution in [0.5, 0.6) is 5.75 Å². The number of hydrogen-bond donors (Lipinski definition) is 1. The van der Waals surface area contributed by atoms with Gasteiger partial charge in [0.1, 0.15) is 5.75 Å². The Balaban J connectivity index is 2.47. The average Bonchev–Trinajstić information content (AvgIpc) is 2.43. The average molecular weight is 263 g/mol. The molecule has 0 unspecified atom stereocenters. The maximum absolute atomic E-state index is 11.1. The molecule has 104 valence electrons. The van der Waals surface area contributed by atoms with E-state index >= 15 is 0 Å². The van der Waals surface area contributed by atoms with E-state index < -0.39 is 0 Å². The Hall–Kier alpha value is -1.81. The lowest BCUT2D eigenvalue weighted by Crippen LogP contribution is -2.19. The molecule has 0 heterocycles. The molecular formula is C15H21NO3. The summed E-state index contributed by atoms with van der Waals surface area (Å²) in [6.07, 6.45) is 3.19. The third-order valence-corrected chi connectivity index (χ3v) is 2.69. The van der Waals surface area contributed by atoms with Crippen LogP contribution in [0.3, 0.4) is 0 Å². The van der Waals surface area contributed by atoms with Crippen LogP contribution in [-0.2, 0) is 9.53 Å². The molecular weight excluding hydrogens is 242 g/mol. The Bertz CT molecular complexity index is 429. The molecule has 0 radical (unpaired) electrons. The van der Waals surface area contributed by atoms with Gasteiger partial charge in [-0.1, -0.05) is 24.3 Å². The lowest BCUT2D eigenvalue weighted by molar-refractivity contribution is -0.137. The third kappa shape index (κ3) is 5.14. The van der Waals surface area contributed by atoms with Gasteiger partial charge in [0, 0.05) is 24.2 Å². The van der Waals surface area contributed by atoms with Crippen molar-refractivity contribution >= 4 is 5.97 Å². The van der Waals surface area contributed by atoms with Gasteiger partial charge in [0.05, 0.1) is 13.7 Å². The number of ether oxygens (including phenoxy) is 2. The largest absolute Gasteiger partial charge is 0.496 e. The summed E-state index contributed by atoms with van der Waals surface area (Å²) in [5.74, 6) is 0.547. The van der Waals surface area contributed by atoms with Crippen LogP contribution >= 0.6 is 0 Å². The van der Waals surface area contributed by atoms with Crippen molar-refractivity contribution in [2.45, 2.75) is 19.9 Å². The molecule has 0 aliphatic rings. The highest BCUT2D eigenvalue weighted by molar-refractivity contribution is 5.81. The third-order valence-electron chi connectivity index (χ3n) is 2.69. The number of para-hydroxylation sites is 1. The second kappa shape index (κ2) is 8.32. The molecule has 4 nitrogen and oxygen atoms in total. The molecule has 0 spiro atoms. The number of rotatable bonds is 7. The molecule has 0 saturated carbocycles. The monoisotopic (exact) mass is 263 g/mol. The van der Waals surface area contributed by atoms with Crippen LogP contribution in [-0.4, -0.2) is 26.2 Å².